The van der Waals surface area contributed by atoms with Crippen molar-refractivity contribution in [2.24, 2.45) is 5.41 Å². The van der Waals surface area contributed by atoms with Crippen molar-refractivity contribution in [3.05, 3.63) is 113 Å². The smallest absolute Gasteiger partial charge is 0.259 e. The van der Waals surface area contributed by atoms with E-state index in [1.54, 1.807) is 59.6 Å². The molecular weight excluding hydrogens is 664 g/mol. The molecule has 3 aliphatic rings. The molecular formula is C38H32F3N5O3S. The largest absolute Gasteiger partial charge is 0.381 e. The summed E-state index contributed by atoms with van der Waals surface area (Å²) in [6, 6.07) is 15.6. The number of para-hydroxylation sites is 1. The minimum absolute atomic E-state index is 0.138. The summed E-state index contributed by atoms with van der Waals surface area (Å²) in [6.45, 7) is 5.25. The Hall–Kier alpha value is -5.07. The van der Waals surface area contributed by atoms with Gasteiger partial charge in [-0.05, 0) is 68.1 Å². The molecule has 3 aromatic heterocycles. The first-order valence-electron chi connectivity index (χ1n) is 16.4. The molecule has 254 valence electrons. The van der Waals surface area contributed by atoms with Crippen molar-refractivity contribution < 1.29 is 27.5 Å². The highest BCUT2D eigenvalue weighted by Crippen LogP contribution is 2.47. The van der Waals surface area contributed by atoms with Gasteiger partial charge < -0.3 is 19.9 Å². The third-order valence-corrected chi connectivity index (χ3v) is 11.1. The van der Waals surface area contributed by atoms with E-state index in [0.717, 1.165) is 68.4 Å². The van der Waals surface area contributed by atoms with Crippen molar-refractivity contribution in [3.8, 4) is 20.9 Å². The van der Waals surface area contributed by atoms with Crippen LogP contribution >= 0.6 is 11.3 Å². The number of halogens is 3. The number of fused-ring (bicyclic) bond motifs is 3. The van der Waals surface area contributed by atoms with Crippen LogP contribution in [0.3, 0.4) is 0 Å². The highest BCUT2D eigenvalue weighted by Gasteiger charge is 2.45. The Bertz CT molecular complexity index is 2120. The number of carbonyl (C=O) groups excluding carboxylic acids is 2. The number of hydrogen-bond donors (Lipinski definition) is 1. The molecule has 12 heteroatoms. The number of pyridine rings is 2. The molecule has 2 amide bonds. The van der Waals surface area contributed by atoms with Gasteiger partial charge in [0.2, 0.25) is 0 Å². The standard InChI is InChI=1S/C38H32F3N5O3S/c1-22-16-27(35(43-17-22)45-20-38(21-45)11-14-49-15-12-38)36(47)44-24-8-6-23(7-9-24)37(48)46-13-10-26-32(41)34(31-28(39)18-42-19-29(31)40)50-33(26)25-4-2-3-5-30(25)46/h2-9,16-19H,10-15,20-21H2,1H3,(H,44,47). The van der Waals surface area contributed by atoms with Crippen LogP contribution in [0, 0.1) is 29.8 Å². The number of nitrogens with zero attached hydrogens (tertiary/aromatic N) is 4. The van der Waals surface area contributed by atoms with Crippen LogP contribution in [0.25, 0.3) is 20.9 Å². The van der Waals surface area contributed by atoms with Crippen LogP contribution in [0.15, 0.2) is 73.2 Å². The first-order chi connectivity index (χ1) is 24.2. The van der Waals surface area contributed by atoms with Gasteiger partial charge in [-0.15, -0.1) is 11.3 Å². The maximum atomic E-state index is 15.9. The number of anilines is 3. The zero-order valence-corrected chi connectivity index (χ0v) is 28.0. The minimum atomic E-state index is -0.944. The zero-order chi connectivity index (χ0) is 34.6. The van der Waals surface area contributed by atoms with E-state index < -0.39 is 23.0 Å². The topological polar surface area (TPSA) is 87.7 Å². The third-order valence-electron chi connectivity index (χ3n) is 9.84. The van der Waals surface area contributed by atoms with Crippen molar-refractivity contribution in [3.63, 3.8) is 0 Å². The fourth-order valence-corrected chi connectivity index (χ4v) is 8.51. The molecule has 0 atom stereocenters. The van der Waals surface area contributed by atoms with E-state index in [1.165, 1.54) is 0 Å². The SMILES string of the molecule is Cc1cnc(N2CC3(CCOCC3)C2)c(C(=O)Nc2ccc(C(=O)N3CCc4c(sc(-c5c(F)cncc5F)c4F)-c4ccccc43)cc2)c1. The van der Waals surface area contributed by atoms with Crippen molar-refractivity contribution in [1.29, 1.82) is 0 Å². The summed E-state index contributed by atoms with van der Waals surface area (Å²) in [5.41, 5.74) is 3.49. The Morgan fingerprint density at radius 2 is 1.66 bits per heavy atom. The summed E-state index contributed by atoms with van der Waals surface area (Å²) in [5, 5.41) is 2.96. The van der Waals surface area contributed by atoms with Crippen LogP contribution in [0.5, 0.6) is 0 Å². The Morgan fingerprint density at radius 3 is 2.40 bits per heavy atom. The molecule has 5 aromatic rings. The summed E-state index contributed by atoms with van der Waals surface area (Å²) in [7, 11) is 0. The Kier molecular flexibility index (Phi) is 8.15. The van der Waals surface area contributed by atoms with Crippen LogP contribution < -0.4 is 15.1 Å². The van der Waals surface area contributed by atoms with Gasteiger partial charge in [-0.1, -0.05) is 18.2 Å². The van der Waals surface area contributed by atoms with Gasteiger partial charge >= 0.3 is 0 Å². The van der Waals surface area contributed by atoms with E-state index in [-0.39, 0.29) is 35.1 Å². The predicted octanol–water partition coefficient (Wildman–Crippen LogP) is 7.67. The number of hydrogen-bond acceptors (Lipinski definition) is 7. The molecule has 0 aliphatic carbocycles. The van der Waals surface area contributed by atoms with E-state index >= 15 is 4.39 Å². The first kappa shape index (κ1) is 32.2. The second-order valence-electron chi connectivity index (χ2n) is 13.1. The number of amides is 2. The van der Waals surface area contributed by atoms with E-state index in [4.69, 9.17) is 4.74 Å². The number of thiophene rings is 1. The van der Waals surface area contributed by atoms with Crippen LogP contribution in [0.1, 0.15) is 44.7 Å². The van der Waals surface area contributed by atoms with Gasteiger partial charge in [0.1, 0.15) is 11.6 Å². The lowest BCUT2D eigenvalue weighted by molar-refractivity contribution is -0.000510. The molecule has 0 bridgehead atoms. The summed E-state index contributed by atoms with van der Waals surface area (Å²) >= 11 is 0.955. The van der Waals surface area contributed by atoms with Crippen LogP contribution in [-0.4, -0.2) is 54.6 Å². The number of carbonyl (C=O) groups is 2. The molecule has 1 spiro atoms. The van der Waals surface area contributed by atoms with Gasteiger partial charge in [-0.2, -0.15) is 0 Å². The molecule has 3 aliphatic heterocycles. The summed E-state index contributed by atoms with van der Waals surface area (Å²) < 4.78 is 50.6. The van der Waals surface area contributed by atoms with Gasteiger partial charge in [0.15, 0.2) is 11.6 Å². The molecule has 8 rings (SSSR count). The highest BCUT2D eigenvalue weighted by molar-refractivity contribution is 7.19. The molecule has 0 radical (unpaired) electrons. The van der Waals surface area contributed by atoms with Gasteiger partial charge in [0, 0.05) is 71.7 Å². The number of benzene rings is 2. The molecule has 8 nitrogen and oxygen atoms in total. The van der Waals surface area contributed by atoms with E-state index in [2.05, 4.69) is 20.2 Å². The average Bonchev–Trinajstić information content (AvgIpc) is 3.32. The first-order valence-corrected chi connectivity index (χ1v) is 17.3. The fraction of sp³-hybridized carbons (Fsp3) is 0.263. The number of aromatic nitrogens is 2. The average molecular weight is 696 g/mol. The third kappa shape index (κ3) is 5.62. The van der Waals surface area contributed by atoms with Gasteiger partial charge in [-0.3, -0.25) is 14.6 Å². The normalized spacial score (nSPS) is 16.3. The summed E-state index contributed by atoms with van der Waals surface area (Å²) in [4.78, 5) is 39.8. The molecule has 1 N–H and O–H groups in total. The predicted molar refractivity (Wildman–Crippen MR) is 186 cm³/mol. The van der Waals surface area contributed by atoms with E-state index in [0.29, 0.717) is 44.3 Å². The lowest BCUT2D eigenvalue weighted by atomic mass is 9.73. The van der Waals surface area contributed by atoms with E-state index in [1.807, 2.05) is 13.0 Å². The Morgan fingerprint density at radius 1 is 0.940 bits per heavy atom. The summed E-state index contributed by atoms with van der Waals surface area (Å²) in [5.74, 6) is -2.53. The molecule has 0 unspecified atom stereocenters. The lowest BCUT2D eigenvalue weighted by Crippen LogP contribution is -2.59. The molecule has 0 saturated carbocycles. The molecule has 2 aromatic carbocycles. The maximum Gasteiger partial charge on any atom is 0.259 e. The molecule has 2 fully saturated rings. The lowest BCUT2D eigenvalue weighted by Gasteiger charge is -2.53. The number of ether oxygens (including phenoxy) is 1. The van der Waals surface area contributed by atoms with Gasteiger partial charge in [0.05, 0.1) is 34.1 Å². The number of rotatable bonds is 5. The molecule has 6 heterocycles. The second kappa shape index (κ2) is 12.7. The van der Waals surface area contributed by atoms with Crippen molar-refractivity contribution in [2.75, 3.05) is 48.0 Å². The van der Waals surface area contributed by atoms with E-state index in [9.17, 15) is 18.4 Å². The van der Waals surface area contributed by atoms with Crippen LogP contribution in [0.4, 0.5) is 30.4 Å². The van der Waals surface area contributed by atoms with Crippen molar-refractivity contribution in [2.45, 2.75) is 26.2 Å². The molecule has 50 heavy (non-hydrogen) atoms. The zero-order valence-electron chi connectivity index (χ0n) is 27.1. The van der Waals surface area contributed by atoms with Gasteiger partial charge in [-0.25, -0.2) is 18.2 Å². The number of aryl methyl sites for hydroxylation is 1. The summed E-state index contributed by atoms with van der Waals surface area (Å²) in [6.07, 6.45) is 5.65. The molecule has 2 saturated heterocycles. The van der Waals surface area contributed by atoms with Crippen LogP contribution in [-0.2, 0) is 11.2 Å². The monoisotopic (exact) mass is 695 g/mol. The van der Waals surface area contributed by atoms with Crippen LogP contribution in [0.2, 0.25) is 0 Å². The Labute approximate surface area is 290 Å². The van der Waals surface area contributed by atoms with Gasteiger partial charge in [0.25, 0.3) is 11.8 Å². The fourth-order valence-electron chi connectivity index (χ4n) is 7.20. The van der Waals surface area contributed by atoms with Crippen molar-refractivity contribution >= 4 is 40.3 Å². The second-order valence-corrected chi connectivity index (χ2v) is 14.2. The number of nitrogens with one attached hydrogen (secondary N) is 1. The maximum absolute atomic E-state index is 15.9. The minimum Gasteiger partial charge on any atom is -0.381 e. The Balaban J connectivity index is 1.01. The van der Waals surface area contributed by atoms with Crippen molar-refractivity contribution in [1.82, 2.24) is 9.97 Å². The highest BCUT2D eigenvalue weighted by atomic mass is 32.1. The quantitative estimate of drug-likeness (QED) is 0.203.